The SMILES string of the molecule is CN(C)C(C)(C)c1nnc2ccc(F)cn12. The predicted octanol–water partition coefficient (Wildman–Crippen LogP) is 1.67. The fourth-order valence-electron chi connectivity index (χ4n) is 1.48. The second kappa shape index (κ2) is 3.52. The summed E-state index contributed by atoms with van der Waals surface area (Å²) < 4.78 is 14.9. The van der Waals surface area contributed by atoms with Gasteiger partial charge in [-0.05, 0) is 40.1 Å². The van der Waals surface area contributed by atoms with Gasteiger partial charge in [0.05, 0.1) is 5.54 Å². The molecule has 0 radical (unpaired) electrons. The van der Waals surface area contributed by atoms with Crippen LogP contribution in [-0.2, 0) is 5.54 Å². The minimum absolute atomic E-state index is 0.289. The number of hydrogen-bond donors (Lipinski definition) is 0. The number of nitrogens with zero attached hydrogens (tertiary/aromatic N) is 4. The van der Waals surface area contributed by atoms with Crippen molar-refractivity contribution in [3.8, 4) is 0 Å². The molecule has 0 amide bonds. The minimum Gasteiger partial charge on any atom is -0.297 e. The molecule has 0 aliphatic rings. The maximum absolute atomic E-state index is 13.2. The average molecular weight is 222 g/mol. The molecule has 2 heterocycles. The summed E-state index contributed by atoms with van der Waals surface area (Å²) in [6.45, 7) is 4.04. The molecule has 0 fully saturated rings. The zero-order chi connectivity index (χ0) is 11.9. The molecular formula is C11H15FN4. The van der Waals surface area contributed by atoms with Gasteiger partial charge in [-0.3, -0.25) is 9.30 Å². The van der Waals surface area contributed by atoms with Crippen LogP contribution in [0.5, 0.6) is 0 Å². The van der Waals surface area contributed by atoms with Crippen LogP contribution >= 0.6 is 0 Å². The summed E-state index contributed by atoms with van der Waals surface area (Å²) in [5.41, 5.74) is 0.360. The lowest BCUT2D eigenvalue weighted by Crippen LogP contribution is -2.37. The van der Waals surface area contributed by atoms with Crippen LogP contribution in [0.15, 0.2) is 18.3 Å². The van der Waals surface area contributed by atoms with Gasteiger partial charge < -0.3 is 0 Å². The van der Waals surface area contributed by atoms with Crippen LogP contribution in [0.4, 0.5) is 4.39 Å². The molecule has 0 unspecified atom stereocenters. The number of aromatic nitrogens is 3. The lowest BCUT2D eigenvalue weighted by molar-refractivity contribution is 0.184. The van der Waals surface area contributed by atoms with E-state index in [2.05, 4.69) is 10.2 Å². The Morgan fingerprint density at radius 2 is 1.94 bits per heavy atom. The second-order valence-electron chi connectivity index (χ2n) is 4.55. The monoisotopic (exact) mass is 222 g/mol. The van der Waals surface area contributed by atoms with Gasteiger partial charge in [-0.2, -0.15) is 0 Å². The highest BCUT2D eigenvalue weighted by Crippen LogP contribution is 2.24. The Kier molecular flexibility index (Phi) is 2.42. The summed E-state index contributed by atoms with van der Waals surface area (Å²) in [5.74, 6) is 0.440. The van der Waals surface area contributed by atoms with Crippen LogP contribution in [0.2, 0.25) is 0 Å². The first-order chi connectivity index (χ1) is 7.43. The molecule has 0 saturated carbocycles. The Morgan fingerprint density at radius 1 is 1.25 bits per heavy atom. The highest BCUT2D eigenvalue weighted by atomic mass is 19.1. The van der Waals surface area contributed by atoms with E-state index in [1.54, 1.807) is 10.5 Å². The molecule has 4 nitrogen and oxygen atoms in total. The molecule has 0 saturated heterocycles. The number of hydrogen-bond acceptors (Lipinski definition) is 3. The van der Waals surface area contributed by atoms with Gasteiger partial charge in [0.25, 0.3) is 0 Å². The Bertz CT molecular complexity index is 516. The lowest BCUT2D eigenvalue weighted by atomic mass is 10.0. The van der Waals surface area contributed by atoms with E-state index in [0.29, 0.717) is 5.65 Å². The first-order valence-electron chi connectivity index (χ1n) is 5.11. The summed E-state index contributed by atoms with van der Waals surface area (Å²) in [6.07, 6.45) is 1.41. The zero-order valence-corrected chi connectivity index (χ0v) is 9.90. The summed E-state index contributed by atoms with van der Waals surface area (Å²) in [4.78, 5) is 2.02. The largest absolute Gasteiger partial charge is 0.297 e. The van der Waals surface area contributed by atoms with Crippen molar-refractivity contribution < 1.29 is 4.39 Å². The summed E-state index contributed by atoms with van der Waals surface area (Å²) in [6, 6.07) is 3.01. The molecule has 2 aromatic heterocycles. The Balaban J connectivity index is 2.65. The Hall–Kier alpha value is -1.49. The first-order valence-corrected chi connectivity index (χ1v) is 5.11. The van der Waals surface area contributed by atoms with Gasteiger partial charge in [0.15, 0.2) is 11.5 Å². The molecule has 0 bridgehead atoms. The fraction of sp³-hybridized carbons (Fsp3) is 0.455. The number of fused-ring (bicyclic) bond motifs is 1. The molecule has 2 aromatic rings. The van der Waals surface area contributed by atoms with E-state index in [-0.39, 0.29) is 11.4 Å². The summed E-state index contributed by atoms with van der Waals surface area (Å²) in [7, 11) is 3.92. The Morgan fingerprint density at radius 3 is 2.56 bits per heavy atom. The van der Waals surface area contributed by atoms with Crippen molar-refractivity contribution in [3.05, 3.63) is 30.0 Å². The Labute approximate surface area is 93.7 Å². The third-order valence-electron chi connectivity index (χ3n) is 3.03. The minimum atomic E-state index is -0.298. The van der Waals surface area contributed by atoms with Gasteiger partial charge in [0.2, 0.25) is 0 Å². The topological polar surface area (TPSA) is 33.4 Å². The smallest absolute Gasteiger partial charge is 0.161 e. The van der Waals surface area contributed by atoms with E-state index < -0.39 is 0 Å². The molecule has 0 aliphatic carbocycles. The summed E-state index contributed by atoms with van der Waals surface area (Å²) in [5, 5.41) is 8.16. The first kappa shape index (κ1) is 11.0. The quantitative estimate of drug-likeness (QED) is 0.775. The van der Waals surface area contributed by atoms with Crippen LogP contribution < -0.4 is 0 Å². The van der Waals surface area contributed by atoms with Crippen LogP contribution in [0.3, 0.4) is 0 Å². The fourth-order valence-corrected chi connectivity index (χ4v) is 1.48. The summed E-state index contributed by atoms with van der Waals surface area (Å²) >= 11 is 0. The van der Waals surface area contributed by atoms with Crippen molar-refractivity contribution in [2.24, 2.45) is 0 Å². The number of halogens is 1. The van der Waals surface area contributed by atoms with Crippen LogP contribution in [0, 0.1) is 5.82 Å². The average Bonchev–Trinajstić information content (AvgIpc) is 2.60. The molecule has 2 rings (SSSR count). The lowest BCUT2D eigenvalue weighted by Gasteiger charge is -2.30. The molecule has 16 heavy (non-hydrogen) atoms. The second-order valence-corrected chi connectivity index (χ2v) is 4.55. The zero-order valence-electron chi connectivity index (χ0n) is 9.90. The van der Waals surface area contributed by atoms with Gasteiger partial charge >= 0.3 is 0 Å². The molecule has 0 aliphatic heterocycles. The molecule has 0 spiro atoms. The van der Waals surface area contributed by atoms with Crippen LogP contribution in [-0.4, -0.2) is 33.6 Å². The highest BCUT2D eigenvalue weighted by Gasteiger charge is 2.28. The molecule has 5 heteroatoms. The van der Waals surface area contributed by atoms with Crippen molar-refractivity contribution >= 4 is 5.65 Å². The molecule has 0 atom stereocenters. The van der Waals surface area contributed by atoms with Gasteiger partial charge in [0, 0.05) is 6.20 Å². The van der Waals surface area contributed by atoms with E-state index in [9.17, 15) is 4.39 Å². The van der Waals surface area contributed by atoms with Gasteiger partial charge in [0.1, 0.15) is 5.82 Å². The molecule has 0 aromatic carbocycles. The normalized spacial score (nSPS) is 12.6. The van der Waals surface area contributed by atoms with Crippen LogP contribution in [0.25, 0.3) is 5.65 Å². The maximum Gasteiger partial charge on any atom is 0.161 e. The van der Waals surface area contributed by atoms with E-state index in [4.69, 9.17) is 0 Å². The molecule has 86 valence electrons. The third kappa shape index (κ3) is 1.57. The van der Waals surface area contributed by atoms with Crippen molar-refractivity contribution in [3.63, 3.8) is 0 Å². The van der Waals surface area contributed by atoms with E-state index >= 15 is 0 Å². The third-order valence-corrected chi connectivity index (χ3v) is 3.03. The van der Waals surface area contributed by atoms with Crippen molar-refractivity contribution in [1.82, 2.24) is 19.5 Å². The van der Waals surface area contributed by atoms with E-state index in [1.807, 2.05) is 32.8 Å². The van der Waals surface area contributed by atoms with Crippen LogP contribution in [0.1, 0.15) is 19.7 Å². The van der Waals surface area contributed by atoms with Gasteiger partial charge in [-0.15, -0.1) is 10.2 Å². The van der Waals surface area contributed by atoms with E-state index in [1.165, 1.54) is 12.3 Å². The van der Waals surface area contributed by atoms with E-state index in [0.717, 1.165) is 5.82 Å². The van der Waals surface area contributed by atoms with Crippen molar-refractivity contribution in [1.29, 1.82) is 0 Å². The maximum atomic E-state index is 13.2. The van der Waals surface area contributed by atoms with Crippen molar-refractivity contribution in [2.45, 2.75) is 19.4 Å². The van der Waals surface area contributed by atoms with Gasteiger partial charge in [-0.1, -0.05) is 0 Å². The standard InChI is InChI=1S/C11H15FN4/c1-11(2,15(3)4)10-14-13-9-6-5-8(12)7-16(9)10/h5-7H,1-4H3. The predicted molar refractivity (Wildman–Crippen MR) is 59.7 cm³/mol. The number of rotatable bonds is 2. The molecule has 0 N–H and O–H groups in total. The van der Waals surface area contributed by atoms with Crippen molar-refractivity contribution in [2.75, 3.05) is 14.1 Å². The van der Waals surface area contributed by atoms with Gasteiger partial charge in [-0.25, -0.2) is 4.39 Å². The molecular weight excluding hydrogens is 207 g/mol. The highest BCUT2D eigenvalue weighted by molar-refractivity contribution is 5.38. The number of pyridine rings is 1.